The van der Waals surface area contributed by atoms with Gasteiger partial charge in [-0.05, 0) is 61.2 Å². The first-order valence-electron chi connectivity index (χ1n) is 13.0. The van der Waals surface area contributed by atoms with Crippen LogP contribution in [0, 0.1) is 6.92 Å². The fourth-order valence-corrected chi connectivity index (χ4v) is 6.26. The van der Waals surface area contributed by atoms with Crippen LogP contribution in [0.2, 0.25) is 10.0 Å². The van der Waals surface area contributed by atoms with Crippen molar-refractivity contribution >= 4 is 50.7 Å². The van der Waals surface area contributed by atoms with Gasteiger partial charge in [0.15, 0.2) is 0 Å². The lowest BCUT2D eigenvalue weighted by Gasteiger charge is -2.33. The summed E-state index contributed by atoms with van der Waals surface area (Å²) in [5.74, 6) is -0.713. The number of hydrogen-bond acceptors (Lipinski definition) is 4. The maximum absolute atomic E-state index is 14.0. The zero-order valence-electron chi connectivity index (χ0n) is 23.3. The molecular weight excluding hydrogens is 569 g/mol. The molecule has 0 aromatic heterocycles. The molecule has 3 aromatic rings. The number of benzene rings is 3. The number of nitrogens with one attached hydrogen (secondary N) is 1. The molecule has 0 saturated carbocycles. The Morgan fingerprint density at radius 1 is 0.925 bits per heavy atom. The summed E-state index contributed by atoms with van der Waals surface area (Å²) in [6.07, 6.45) is 0.293. The first-order valence-corrected chi connectivity index (χ1v) is 15.2. The molecule has 0 saturated heterocycles. The molecular formula is C30H35Cl2N3O4S. The number of carbonyl (C=O) groups excluding carboxylic acids is 2. The quantitative estimate of drug-likeness (QED) is 0.284. The van der Waals surface area contributed by atoms with Crippen LogP contribution in [0.15, 0.2) is 71.6 Å². The second-order valence-electron chi connectivity index (χ2n) is 9.83. The number of nitrogens with zero attached hydrogens (tertiary/aromatic N) is 2. The number of hydrogen-bond donors (Lipinski definition) is 1. The third-order valence-corrected chi connectivity index (χ3v) is 9.25. The normalized spacial score (nSPS) is 12.2. The first-order chi connectivity index (χ1) is 18.9. The van der Waals surface area contributed by atoms with Gasteiger partial charge in [0, 0.05) is 29.2 Å². The minimum absolute atomic E-state index is 0.0536. The monoisotopic (exact) mass is 603 g/mol. The van der Waals surface area contributed by atoms with Crippen molar-refractivity contribution in [2.24, 2.45) is 0 Å². The van der Waals surface area contributed by atoms with Gasteiger partial charge in [-0.15, -0.1) is 0 Å². The Morgan fingerprint density at radius 3 is 2.00 bits per heavy atom. The average Bonchev–Trinajstić information content (AvgIpc) is 2.93. The van der Waals surface area contributed by atoms with Crippen LogP contribution in [-0.4, -0.2) is 44.8 Å². The van der Waals surface area contributed by atoms with Crippen molar-refractivity contribution in [3.8, 4) is 0 Å². The van der Waals surface area contributed by atoms with Gasteiger partial charge in [-0.2, -0.15) is 0 Å². The van der Waals surface area contributed by atoms with E-state index in [1.807, 2.05) is 32.9 Å². The van der Waals surface area contributed by atoms with Crippen molar-refractivity contribution in [1.82, 2.24) is 10.2 Å². The zero-order chi connectivity index (χ0) is 29.6. The van der Waals surface area contributed by atoms with E-state index in [0.29, 0.717) is 27.7 Å². The van der Waals surface area contributed by atoms with Crippen LogP contribution in [0.1, 0.15) is 49.8 Å². The highest BCUT2D eigenvalue weighted by Crippen LogP contribution is 2.29. The van der Waals surface area contributed by atoms with E-state index in [0.717, 1.165) is 15.4 Å². The Bertz CT molecular complexity index is 1420. The molecule has 7 nitrogen and oxygen atoms in total. The molecule has 0 aliphatic heterocycles. The molecule has 0 fully saturated rings. The molecule has 0 heterocycles. The molecule has 0 unspecified atom stereocenters. The predicted octanol–water partition coefficient (Wildman–Crippen LogP) is 6.17. The van der Waals surface area contributed by atoms with Gasteiger partial charge in [0.05, 0.1) is 10.6 Å². The maximum Gasteiger partial charge on any atom is 0.264 e. The van der Waals surface area contributed by atoms with Gasteiger partial charge in [0.1, 0.15) is 12.6 Å². The molecule has 3 rings (SSSR count). The van der Waals surface area contributed by atoms with E-state index in [2.05, 4.69) is 5.32 Å². The first kappa shape index (κ1) is 31.5. The standard InChI is InChI=1S/C30H35Cl2N3O4S/c1-6-28(30(37)33-5)34(18-25-26(31)8-7-9-27(25)32)29(36)19-35(23-14-12-22(13-15-23)20(2)3)40(38,39)24-16-10-21(4)11-17-24/h7-17,20,28H,6,18-19H2,1-5H3,(H,33,37)/t28-/m1/s1. The third kappa shape index (κ3) is 7.16. The number of likely N-dealkylation sites (N-methyl/N-ethyl adjacent to an activating group) is 1. The van der Waals surface area contributed by atoms with Crippen molar-refractivity contribution in [2.75, 3.05) is 17.9 Å². The zero-order valence-corrected chi connectivity index (χ0v) is 25.6. The highest BCUT2D eigenvalue weighted by molar-refractivity contribution is 7.92. The highest BCUT2D eigenvalue weighted by Gasteiger charge is 2.34. The van der Waals surface area contributed by atoms with Gasteiger partial charge in [-0.3, -0.25) is 13.9 Å². The van der Waals surface area contributed by atoms with Crippen molar-refractivity contribution in [3.05, 3.63) is 93.5 Å². The van der Waals surface area contributed by atoms with Crippen LogP contribution < -0.4 is 9.62 Å². The molecule has 1 N–H and O–H groups in total. The number of anilines is 1. The van der Waals surface area contributed by atoms with E-state index < -0.39 is 28.5 Å². The topological polar surface area (TPSA) is 86.8 Å². The van der Waals surface area contributed by atoms with Gasteiger partial charge in [0.2, 0.25) is 11.8 Å². The molecule has 0 radical (unpaired) electrons. The largest absolute Gasteiger partial charge is 0.357 e. The van der Waals surface area contributed by atoms with Crippen molar-refractivity contribution in [1.29, 1.82) is 0 Å². The molecule has 10 heteroatoms. The van der Waals surface area contributed by atoms with Crippen molar-refractivity contribution < 1.29 is 18.0 Å². The van der Waals surface area contributed by atoms with Gasteiger partial charge >= 0.3 is 0 Å². The molecule has 214 valence electrons. The number of sulfonamides is 1. The Morgan fingerprint density at radius 2 is 1.50 bits per heavy atom. The van der Waals surface area contributed by atoms with Crippen molar-refractivity contribution in [2.45, 2.75) is 57.5 Å². The predicted molar refractivity (Wildman–Crippen MR) is 161 cm³/mol. The SMILES string of the molecule is CC[C@H](C(=O)NC)N(Cc1c(Cl)cccc1Cl)C(=O)CN(c1ccc(C(C)C)cc1)S(=O)(=O)c1ccc(C)cc1. The molecule has 3 aromatic carbocycles. The summed E-state index contributed by atoms with van der Waals surface area (Å²) in [4.78, 5) is 28.3. The number of aryl methyl sites for hydroxylation is 1. The lowest BCUT2D eigenvalue weighted by Crippen LogP contribution is -2.51. The minimum Gasteiger partial charge on any atom is -0.357 e. The molecule has 0 aliphatic rings. The molecule has 0 spiro atoms. The van der Waals surface area contributed by atoms with E-state index in [9.17, 15) is 18.0 Å². The van der Waals surface area contributed by atoms with Crippen LogP contribution in [-0.2, 0) is 26.2 Å². The van der Waals surface area contributed by atoms with Crippen LogP contribution in [0.3, 0.4) is 0 Å². The van der Waals surface area contributed by atoms with E-state index in [1.54, 1.807) is 49.4 Å². The van der Waals surface area contributed by atoms with E-state index in [4.69, 9.17) is 23.2 Å². The van der Waals surface area contributed by atoms with Gasteiger partial charge in [-0.1, -0.05) is 79.9 Å². The summed E-state index contributed by atoms with van der Waals surface area (Å²) in [7, 11) is -2.66. The number of carbonyl (C=O) groups is 2. The number of rotatable bonds is 11. The highest BCUT2D eigenvalue weighted by atomic mass is 35.5. The van der Waals surface area contributed by atoms with Crippen LogP contribution in [0.4, 0.5) is 5.69 Å². The van der Waals surface area contributed by atoms with Crippen LogP contribution in [0.25, 0.3) is 0 Å². The third-order valence-electron chi connectivity index (χ3n) is 6.76. The van der Waals surface area contributed by atoms with Crippen LogP contribution in [0.5, 0.6) is 0 Å². The molecule has 0 aliphatic carbocycles. The van der Waals surface area contributed by atoms with E-state index >= 15 is 0 Å². The second kappa shape index (κ2) is 13.5. The summed E-state index contributed by atoms with van der Waals surface area (Å²) in [5.41, 5.74) is 2.74. The average molecular weight is 605 g/mol. The van der Waals surface area contributed by atoms with E-state index in [1.165, 1.54) is 24.1 Å². The molecule has 2 amide bonds. The lowest BCUT2D eigenvalue weighted by atomic mass is 10.0. The second-order valence-corrected chi connectivity index (χ2v) is 12.5. The summed E-state index contributed by atoms with van der Waals surface area (Å²) in [5, 5.41) is 3.28. The van der Waals surface area contributed by atoms with E-state index in [-0.39, 0.29) is 23.3 Å². The Hall–Kier alpha value is -3.07. The molecule has 1 atom stereocenters. The fraction of sp³-hybridized carbons (Fsp3) is 0.333. The molecule has 0 bridgehead atoms. The smallest absolute Gasteiger partial charge is 0.264 e. The summed E-state index contributed by atoms with van der Waals surface area (Å²) >= 11 is 12.8. The Labute approximate surface area is 247 Å². The summed E-state index contributed by atoms with van der Waals surface area (Å²) in [6, 6.07) is 17.7. The number of halogens is 2. The van der Waals surface area contributed by atoms with Gasteiger partial charge in [0.25, 0.3) is 10.0 Å². The van der Waals surface area contributed by atoms with Gasteiger partial charge in [-0.25, -0.2) is 8.42 Å². The Balaban J connectivity index is 2.11. The lowest BCUT2D eigenvalue weighted by molar-refractivity contribution is -0.140. The van der Waals surface area contributed by atoms with Crippen molar-refractivity contribution in [3.63, 3.8) is 0 Å². The fourth-order valence-electron chi connectivity index (χ4n) is 4.33. The van der Waals surface area contributed by atoms with Crippen LogP contribution >= 0.6 is 23.2 Å². The number of amides is 2. The Kier molecular flexibility index (Phi) is 10.6. The van der Waals surface area contributed by atoms with Gasteiger partial charge < -0.3 is 10.2 Å². The summed E-state index contributed by atoms with van der Waals surface area (Å²) < 4.78 is 29.0. The maximum atomic E-state index is 14.0. The summed E-state index contributed by atoms with van der Waals surface area (Å²) in [6.45, 7) is 7.12. The molecule has 40 heavy (non-hydrogen) atoms. The minimum atomic E-state index is -4.15.